The van der Waals surface area contributed by atoms with Gasteiger partial charge in [0.25, 0.3) is 10.9 Å². The maximum Gasteiger partial charge on any atom is 0.282 e. The molecule has 1 aromatic carbocycles. The quantitative estimate of drug-likeness (QED) is 0.343. The van der Waals surface area contributed by atoms with E-state index in [1.165, 1.54) is 12.1 Å². The summed E-state index contributed by atoms with van der Waals surface area (Å²) in [6, 6.07) is 2.57. The van der Waals surface area contributed by atoms with Gasteiger partial charge in [-0.05, 0) is 30.2 Å². The zero-order chi connectivity index (χ0) is 11.6. The van der Waals surface area contributed by atoms with Gasteiger partial charge in [-0.25, -0.2) is 0 Å². The normalized spacial score (nSPS) is 9.73. The molecule has 1 rings (SSSR count). The second kappa shape index (κ2) is 4.18. The van der Waals surface area contributed by atoms with Gasteiger partial charge in [-0.2, -0.15) is 0 Å². The van der Waals surface area contributed by atoms with Gasteiger partial charge in [0.1, 0.15) is 5.56 Å². The number of halogens is 1. The number of carbonyl (C=O) groups is 2. The van der Waals surface area contributed by atoms with Gasteiger partial charge in [0.2, 0.25) is 0 Å². The minimum Gasteiger partial charge on any atom is -0.298 e. The molecule has 0 aliphatic rings. The molecule has 0 aromatic heterocycles. The summed E-state index contributed by atoms with van der Waals surface area (Å²) in [4.78, 5) is 31.5. The van der Waals surface area contributed by atoms with Gasteiger partial charge in [0.05, 0.1) is 4.92 Å². The average Bonchev–Trinajstić information content (AvgIpc) is 2.15. The number of nitro groups is 1. The van der Waals surface area contributed by atoms with Crippen molar-refractivity contribution in [2.75, 3.05) is 0 Å². The zero-order valence-electron chi connectivity index (χ0n) is 7.69. The lowest BCUT2D eigenvalue weighted by molar-refractivity contribution is -0.385. The highest BCUT2D eigenvalue weighted by Gasteiger charge is 2.23. The predicted octanol–water partition coefficient (Wildman–Crippen LogP) is 2.09. The van der Waals surface area contributed by atoms with Crippen LogP contribution in [0.5, 0.6) is 0 Å². The molecule has 15 heavy (non-hydrogen) atoms. The Labute approximate surface area is 89.8 Å². The molecule has 5 nitrogen and oxygen atoms in total. The molecule has 0 amide bonds. The summed E-state index contributed by atoms with van der Waals surface area (Å²) in [6.45, 7) is 1.59. The monoisotopic (exact) mass is 227 g/mol. The van der Waals surface area contributed by atoms with E-state index in [9.17, 15) is 19.7 Å². The van der Waals surface area contributed by atoms with E-state index in [4.69, 9.17) is 11.6 Å². The van der Waals surface area contributed by atoms with Crippen LogP contribution < -0.4 is 0 Å². The summed E-state index contributed by atoms with van der Waals surface area (Å²) >= 11 is 5.19. The second-order valence-corrected chi connectivity index (χ2v) is 3.24. The van der Waals surface area contributed by atoms with E-state index in [1.807, 2.05) is 0 Å². The maximum absolute atomic E-state index is 11.0. The van der Waals surface area contributed by atoms with E-state index < -0.39 is 15.9 Å². The minimum absolute atomic E-state index is 0.0679. The largest absolute Gasteiger partial charge is 0.298 e. The van der Waals surface area contributed by atoms with Gasteiger partial charge in [-0.15, -0.1) is 0 Å². The average molecular weight is 228 g/mol. The van der Waals surface area contributed by atoms with E-state index in [2.05, 4.69) is 0 Å². The van der Waals surface area contributed by atoms with Crippen molar-refractivity contribution < 1.29 is 14.5 Å². The molecular weight excluding hydrogens is 222 g/mol. The van der Waals surface area contributed by atoms with Crippen LogP contribution in [-0.2, 0) is 0 Å². The Morgan fingerprint density at radius 1 is 1.53 bits per heavy atom. The van der Waals surface area contributed by atoms with Gasteiger partial charge in [-0.1, -0.05) is 0 Å². The Morgan fingerprint density at radius 3 is 2.53 bits per heavy atom. The van der Waals surface area contributed by atoms with Crippen LogP contribution in [-0.4, -0.2) is 16.5 Å². The van der Waals surface area contributed by atoms with Crippen LogP contribution >= 0.6 is 11.6 Å². The summed E-state index contributed by atoms with van der Waals surface area (Å²) < 4.78 is 0. The van der Waals surface area contributed by atoms with Crippen LogP contribution in [0, 0.1) is 17.0 Å². The first kappa shape index (κ1) is 11.3. The van der Waals surface area contributed by atoms with Gasteiger partial charge >= 0.3 is 0 Å². The number of nitrogens with zero attached hydrogens (tertiary/aromatic N) is 1. The standard InChI is InChI=1S/C9H6ClNO4/c1-5-2-6(4-12)8(9(10)13)7(3-5)11(14)15/h2-4H,1H3. The number of benzene rings is 1. The summed E-state index contributed by atoms with van der Waals surface area (Å²) in [6.07, 6.45) is 0.371. The predicted molar refractivity (Wildman–Crippen MR) is 53.4 cm³/mol. The highest BCUT2D eigenvalue weighted by molar-refractivity contribution is 6.68. The lowest BCUT2D eigenvalue weighted by atomic mass is 10.0. The fourth-order valence-corrected chi connectivity index (χ4v) is 1.45. The Bertz CT molecular complexity index is 456. The molecule has 0 aliphatic heterocycles. The minimum atomic E-state index is -1.01. The number of aryl methyl sites for hydroxylation is 1. The fourth-order valence-electron chi connectivity index (χ4n) is 1.25. The van der Waals surface area contributed by atoms with Crippen molar-refractivity contribution in [2.45, 2.75) is 6.92 Å². The van der Waals surface area contributed by atoms with Crippen LogP contribution in [0.3, 0.4) is 0 Å². The van der Waals surface area contributed by atoms with Gasteiger partial charge < -0.3 is 0 Å². The Morgan fingerprint density at radius 2 is 2.13 bits per heavy atom. The van der Waals surface area contributed by atoms with Crippen molar-refractivity contribution in [1.29, 1.82) is 0 Å². The number of hydrogen-bond acceptors (Lipinski definition) is 4. The highest BCUT2D eigenvalue weighted by atomic mass is 35.5. The summed E-state index contributed by atoms with van der Waals surface area (Å²) in [5.41, 5.74) is -0.355. The van der Waals surface area contributed by atoms with Gasteiger partial charge in [0, 0.05) is 11.6 Å². The number of hydrogen-bond donors (Lipinski definition) is 0. The van der Waals surface area contributed by atoms with E-state index in [-0.39, 0.29) is 11.1 Å². The van der Waals surface area contributed by atoms with E-state index in [1.54, 1.807) is 6.92 Å². The zero-order valence-corrected chi connectivity index (χ0v) is 8.45. The molecule has 0 fully saturated rings. The van der Waals surface area contributed by atoms with Crippen LogP contribution in [0.1, 0.15) is 26.3 Å². The maximum atomic E-state index is 11.0. The third-order valence-corrected chi connectivity index (χ3v) is 2.00. The molecule has 1 aromatic rings. The topological polar surface area (TPSA) is 77.3 Å². The first-order chi connectivity index (χ1) is 6.97. The van der Waals surface area contributed by atoms with Gasteiger partial charge in [0.15, 0.2) is 6.29 Å². The molecular formula is C9H6ClNO4. The van der Waals surface area contributed by atoms with Crippen molar-refractivity contribution in [3.05, 3.63) is 38.9 Å². The van der Waals surface area contributed by atoms with E-state index in [0.29, 0.717) is 11.8 Å². The number of carbonyl (C=O) groups excluding carboxylic acids is 2. The third-order valence-electron chi connectivity index (χ3n) is 1.81. The van der Waals surface area contributed by atoms with Crippen molar-refractivity contribution in [1.82, 2.24) is 0 Å². The summed E-state index contributed by atoms with van der Waals surface area (Å²) in [5.74, 6) is 0. The van der Waals surface area contributed by atoms with Crippen molar-refractivity contribution in [3.8, 4) is 0 Å². The molecule has 0 radical (unpaired) electrons. The van der Waals surface area contributed by atoms with Crippen LogP contribution in [0.15, 0.2) is 12.1 Å². The van der Waals surface area contributed by atoms with Crippen molar-refractivity contribution in [3.63, 3.8) is 0 Å². The second-order valence-electron chi connectivity index (χ2n) is 2.90. The molecule has 0 atom stereocenters. The molecule has 6 heteroatoms. The smallest absolute Gasteiger partial charge is 0.282 e. The molecule has 0 heterocycles. The molecule has 78 valence electrons. The molecule has 0 aliphatic carbocycles. The molecule has 0 unspecified atom stereocenters. The first-order valence-corrected chi connectivity index (χ1v) is 4.29. The third kappa shape index (κ3) is 2.19. The SMILES string of the molecule is Cc1cc(C=O)c(C(=O)Cl)c([N+](=O)[O-])c1. The van der Waals surface area contributed by atoms with E-state index in [0.717, 1.165) is 0 Å². The van der Waals surface area contributed by atoms with Crippen LogP contribution in [0.25, 0.3) is 0 Å². The Hall–Kier alpha value is -1.75. The Balaban J connectivity index is 3.61. The summed E-state index contributed by atoms with van der Waals surface area (Å²) in [5, 5.41) is 9.61. The molecule has 0 N–H and O–H groups in total. The molecule has 0 bridgehead atoms. The number of nitro benzene ring substituents is 1. The fraction of sp³-hybridized carbons (Fsp3) is 0.111. The number of rotatable bonds is 3. The van der Waals surface area contributed by atoms with Crippen molar-refractivity contribution in [2.24, 2.45) is 0 Å². The van der Waals surface area contributed by atoms with Crippen LogP contribution in [0.4, 0.5) is 5.69 Å². The number of aldehydes is 1. The Kier molecular flexibility index (Phi) is 3.16. The van der Waals surface area contributed by atoms with Gasteiger partial charge in [-0.3, -0.25) is 19.7 Å². The molecule has 0 saturated heterocycles. The summed E-state index contributed by atoms with van der Waals surface area (Å²) in [7, 11) is 0. The highest BCUT2D eigenvalue weighted by Crippen LogP contribution is 2.25. The molecule has 0 spiro atoms. The molecule has 0 saturated carbocycles. The first-order valence-electron chi connectivity index (χ1n) is 3.91. The van der Waals surface area contributed by atoms with Crippen LogP contribution in [0.2, 0.25) is 0 Å². The van der Waals surface area contributed by atoms with Crippen molar-refractivity contribution >= 4 is 28.8 Å². The lowest BCUT2D eigenvalue weighted by Crippen LogP contribution is -2.03. The van der Waals surface area contributed by atoms with E-state index >= 15 is 0 Å². The lowest BCUT2D eigenvalue weighted by Gasteiger charge is -2.02.